The van der Waals surface area contributed by atoms with Gasteiger partial charge in [-0.3, -0.25) is 0 Å². The van der Waals surface area contributed by atoms with Crippen molar-refractivity contribution in [2.75, 3.05) is 6.54 Å². The topological polar surface area (TPSA) is 51.0 Å². The highest BCUT2D eigenvalue weighted by Crippen LogP contribution is 2.25. The number of nitrogens with one attached hydrogen (secondary N) is 1. The summed E-state index contributed by atoms with van der Waals surface area (Å²) in [6.45, 7) is 3.06. The van der Waals surface area contributed by atoms with Crippen molar-refractivity contribution in [3.63, 3.8) is 0 Å². The molecule has 0 bridgehead atoms. The molecule has 100 valence electrons. The SMILES string of the molecule is C[C@H]1CC[C@@H](c2noc(-c3ccc(F)cc3)n2)CN1. The fourth-order valence-corrected chi connectivity index (χ4v) is 2.33. The van der Waals surface area contributed by atoms with Crippen molar-refractivity contribution < 1.29 is 8.91 Å². The Balaban J connectivity index is 1.77. The summed E-state index contributed by atoms with van der Waals surface area (Å²) in [4.78, 5) is 4.42. The summed E-state index contributed by atoms with van der Waals surface area (Å²) >= 11 is 0. The molecule has 0 spiro atoms. The molecule has 5 heteroatoms. The minimum absolute atomic E-state index is 0.269. The molecule has 0 saturated carbocycles. The molecule has 1 aliphatic heterocycles. The number of benzene rings is 1. The Hall–Kier alpha value is -1.75. The summed E-state index contributed by atoms with van der Waals surface area (Å²) in [5.41, 5.74) is 0.747. The van der Waals surface area contributed by atoms with Gasteiger partial charge in [-0.1, -0.05) is 5.16 Å². The van der Waals surface area contributed by atoms with Gasteiger partial charge in [-0.25, -0.2) is 4.39 Å². The van der Waals surface area contributed by atoms with Crippen molar-refractivity contribution >= 4 is 0 Å². The van der Waals surface area contributed by atoms with E-state index in [1.165, 1.54) is 12.1 Å². The molecule has 2 heterocycles. The normalized spacial score (nSPS) is 23.5. The predicted octanol–water partition coefficient (Wildman–Crippen LogP) is 2.73. The number of hydrogen-bond acceptors (Lipinski definition) is 4. The first kappa shape index (κ1) is 12.3. The Morgan fingerprint density at radius 3 is 2.74 bits per heavy atom. The molecular weight excluding hydrogens is 245 g/mol. The second-order valence-electron chi connectivity index (χ2n) is 5.05. The summed E-state index contributed by atoms with van der Waals surface area (Å²) in [5.74, 6) is 1.22. The highest BCUT2D eigenvalue weighted by molar-refractivity contribution is 5.52. The van der Waals surface area contributed by atoms with Gasteiger partial charge in [0.2, 0.25) is 0 Å². The standard InChI is InChI=1S/C14H16FN3O/c1-9-2-3-11(8-16-9)13-17-14(19-18-13)10-4-6-12(15)7-5-10/h4-7,9,11,16H,2-3,8H2,1H3/t9-,11+/m0/s1. The number of aromatic nitrogens is 2. The second kappa shape index (κ2) is 5.09. The molecule has 1 aromatic heterocycles. The lowest BCUT2D eigenvalue weighted by molar-refractivity contribution is 0.358. The van der Waals surface area contributed by atoms with Crippen molar-refractivity contribution in [2.45, 2.75) is 31.7 Å². The van der Waals surface area contributed by atoms with Gasteiger partial charge in [-0.15, -0.1) is 0 Å². The van der Waals surface area contributed by atoms with Crippen LogP contribution in [0.15, 0.2) is 28.8 Å². The minimum Gasteiger partial charge on any atom is -0.334 e. The zero-order chi connectivity index (χ0) is 13.2. The molecule has 1 aliphatic rings. The maximum absolute atomic E-state index is 12.9. The van der Waals surface area contributed by atoms with Crippen LogP contribution in [-0.4, -0.2) is 22.7 Å². The van der Waals surface area contributed by atoms with Crippen molar-refractivity contribution in [1.82, 2.24) is 15.5 Å². The van der Waals surface area contributed by atoms with Crippen LogP contribution in [0.2, 0.25) is 0 Å². The summed E-state index contributed by atoms with van der Waals surface area (Å²) in [7, 11) is 0. The predicted molar refractivity (Wildman–Crippen MR) is 69.1 cm³/mol. The van der Waals surface area contributed by atoms with Crippen LogP contribution in [0.3, 0.4) is 0 Å². The first-order valence-electron chi connectivity index (χ1n) is 6.55. The van der Waals surface area contributed by atoms with Gasteiger partial charge < -0.3 is 9.84 Å². The average molecular weight is 261 g/mol. The van der Waals surface area contributed by atoms with Crippen molar-refractivity contribution in [3.05, 3.63) is 35.9 Å². The Labute approximate surface area is 111 Å². The van der Waals surface area contributed by atoms with E-state index >= 15 is 0 Å². The average Bonchev–Trinajstić information content (AvgIpc) is 2.90. The Morgan fingerprint density at radius 1 is 1.26 bits per heavy atom. The van der Waals surface area contributed by atoms with Crippen LogP contribution in [0.4, 0.5) is 4.39 Å². The Kier molecular flexibility index (Phi) is 3.29. The quantitative estimate of drug-likeness (QED) is 0.903. The van der Waals surface area contributed by atoms with Crippen LogP contribution in [0, 0.1) is 5.82 Å². The van der Waals surface area contributed by atoms with E-state index in [4.69, 9.17) is 4.52 Å². The van der Waals surface area contributed by atoms with E-state index in [1.807, 2.05) is 0 Å². The van der Waals surface area contributed by atoms with Gasteiger partial charge in [-0.05, 0) is 44.0 Å². The van der Waals surface area contributed by atoms with Gasteiger partial charge in [0.1, 0.15) is 5.82 Å². The van der Waals surface area contributed by atoms with Crippen LogP contribution in [0.1, 0.15) is 31.5 Å². The molecule has 1 saturated heterocycles. The highest BCUT2D eigenvalue weighted by atomic mass is 19.1. The number of hydrogen-bond donors (Lipinski definition) is 1. The smallest absolute Gasteiger partial charge is 0.257 e. The summed E-state index contributed by atoms with van der Waals surface area (Å²) in [5, 5.41) is 7.46. The zero-order valence-electron chi connectivity index (χ0n) is 10.8. The summed E-state index contributed by atoms with van der Waals surface area (Å²) in [6, 6.07) is 6.63. The molecule has 1 aromatic carbocycles. The third-order valence-electron chi connectivity index (χ3n) is 3.56. The van der Waals surface area contributed by atoms with E-state index in [2.05, 4.69) is 22.4 Å². The monoisotopic (exact) mass is 261 g/mol. The molecule has 0 radical (unpaired) electrons. The van der Waals surface area contributed by atoms with Gasteiger partial charge in [0.05, 0.1) is 0 Å². The molecule has 0 aliphatic carbocycles. The van der Waals surface area contributed by atoms with Crippen molar-refractivity contribution in [2.24, 2.45) is 0 Å². The number of halogens is 1. The fourth-order valence-electron chi connectivity index (χ4n) is 2.33. The molecule has 1 N–H and O–H groups in total. The van der Waals surface area contributed by atoms with E-state index in [1.54, 1.807) is 12.1 Å². The molecule has 19 heavy (non-hydrogen) atoms. The van der Waals surface area contributed by atoms with Gasteiger partial charge in [0, 0.05) is 24.1 Å². The number of nitrogens with zero attached hydrogens (tertiary/aromatic N) is 2. The maximum atomic E-state index is 12.9. The van der Waals surface area contributed by atoms with Crippen molar-refractivity contribution in [3.8, 4) is 11.5 Å². The highest BCUT2D eigenvalue weighted by Gasteiger charge is 2.23. The Morgan fingerprint density at radius 2 is 2.05 bits per heavy atom. The van der Waals surface area contributed by atoms with Crippen LogP contribution < -0.4 is 5.32 Å². The van der Waals surface area contributed by atoms with Crippen LogP contribution >= 0.6 is 0 Å². The largest absolute Gasteiger partial charge is 0.334 e. The van der Waals surface area contributed by atoms with Gasteiger partial charge >= 0.3 is 0 Å². The van der Waals surface area contributed by atoms with Gasteiger partial charge in [0.25, 0.3) is 5.89 Å². The maximum Gasteiger partial charge on any atom is 0.257 e. The van der Waals surface area contributed by atoms with Crippen LogP contribution in [-0.2, 0) is 0 Å². The lowest BCUT2D eigenvalue weighted by Gasteiger charge is -2.25. The lowest BCUT2D eigenvalue weighted by Crippen LogP contribution is -2.36. The van der Waals surface area contributed by atoms with Gasteiger partial charge in [0.15, 0.2) is 5.82 Å². The number of rotatable bonds is 2. The van der Waals surface area contributed by atoms with E-state index in [0.717, 1.165) is 30.8 Å². The van der Waals surface area contributed by atoms with Crippen molar-refractivity contribution in [1.29, 1.82) is 0 Å². The van der Waals surface area contributed by atoms with E-state index in [9.17, 15) is 4.39 Å². The molecular formula is C14H16FN3O. The van der Waals surface area contributed by atoms with E-state index < -0.39 is 0 Å². The molecule has 0 unspecified atom stereocenters. The lowest BCUT2D eigenvalue weighted by atomic mass is 9.95. The molecule has 1 fully saturated rings. The first-order valence-corrected chi connectivity index (χ1v) is 6.55. The molecule has 2 aromatic rings. The summed E-state index contributed by atoms with van der Waals surface area (Å²) < 4.78 is 18.1. The summed E-state index contributed by atoms with van der Waals surface area (Å²) in [6.07, 6.45) is 2.18. The third-order valence-corrected chi connectivity index (χ3v) is 3.56. The molecule has 4 nitrogen and oxygen atoms in total. The number of piperidine rings is 1. The van der Waals surface area contributed by atoms with E-state index in [-0.39, 0.29) is 5.82 Å². The Bertz CT molecular complexity index is 544. The minimum atomic E-state index is -0.269. The first-order chi connectivity index (χ1) is 9.22. The van der Waals surface area contributed by atoms with Gasteiger partial charge in [-0.2, -0.15) is 4.98 Å². The zero-order valence-corrected chi connectivity index (χ0v) is 10.8. The fraction of sp³-hybridized carbons (Fsp3) is 0.429. The van der Waals surface area contributed by atoms with Crippen LogP contribution in [0.5, 0.6) is 0 Å². The van der Waals surface area contributed by atoms with E-state index in [0.29, 0.717) is 17.9 Å². The second-order valence-corrected chi connectivity index (χ2v) is 5.05. The third kappa shape index (κ3) is 2.66. The molecule has 0 amide bonds. The van der Waals surface area contributed by atoms with Crippen LogP contribution in [0.25, 0.3) is 11.5 Å². The molecule has 2 atom stereocenters. The molecule has 3 rings (SSSR count).